The lowest BCUT2D eigenvalue weighted by Crippen LogP contribution is -2.07. The van der Waals surface area contributed by atoms with Gasteiger partial charge in [0.1, 0.15) is 0 Å². The number of hydrogen-bond donors (Lipinski definition) is 0. The van der Waals surface area contributed by atoms with Gasteiger partial charge in [-0.1, -0.05) is 0 Å². The molecule has 1 heterocycles. The molecule has 0 bridgehead atoms. The molecule has 0 saturated carbocycles. The molecule has 0 fully saturated rings. The highest BCUT2D eigenvalue weighted by Crippen LogP contribution is 2.34. The molecule has 3 nitrogen and oxygen atoms in total. The third kappa shape index (κ3) is 2.36. The maximum atomic E-state index is 5.25. The summed E-state index contributed by atoms with van der Waals surface area (Å²) < 4.78 is 10.5. The second-order valence-corrected chi connectivity index (χ2v) is 3.65. The third-order valence-corrected chi connectivity index (χ3v) is 2.59. The van der Waals surface area contributed by atoms with Crippen LogP contribution in [0.1, 0.15) is 11.1 Å². The number of benzene rings is 1. The third-order valence-electron chi connectivity index (χ3n) is 2.59. The summed E-state index contributed by atoms with van der Waals surface area (Å²) in [6, 6.07) is 4.13. The molecule has 15 heavy (non-hydrogen) atoms. The molecule has 0 atom stereocenters. The summed E-state index contributed by atoms with van der Waals surface area (Å²) in [7, 11) is 5.45. The second kappa shape index (κ2) is 5.03. The predicted octanol–water partition coefficient (Wildman–Crippen LogP) is 2.27. The lowest BCUT2D eigenvalue weighted by atomic mass is 10.1. The minimum atomic E-state index is 0. The largest absolute Gasteiger partial charge is 0.493 e. The van der Waals surface area contributed by atoms with E-state index in [0.29, 0.717) is 0 Å². The van der Waals surface area contributed by atoms with Gasteiger partial charge in [0.05, 0.1) is 14.2 Å². The Hall–Kier alpha value is -0.490. The standard InChI is InChI=1S/C11H15NO2.HI/c1-12-6-8-4-10(13-2)11(14-3)5-9(8)7-12;/h4-5H,6-7H2,1-3H3;1H. The van der Waals surface area contributed by atoms with E-state index in [1.165, 1.54) is 11.1 Å². The van der Waals surface area contributed by atoms with Crippen LogP contribution in [0.25, 0.3) is 0 Å². The first kappa shape index (κ1) is 12.6. The van der Waals surface area contributed by atoms with Crippen LogP contribution < -0.4 is 9.47 Å². The quantitative estimate of drug-likeness (QED) is 0.780. The molecule has 0 aromatic heterocycles. The minimum Gasteiger partial charge on any atom is -0.493 e. The van der Waals surface area contributed by atoms with E-state index in [9.17, 15) is 0 Å². The molecular formula is C11H16INO2. The Morgan fingerprint density at radius 1 is 1.00 bits per heavy atom. The van der Waals surface area contributed by atoms with Crippen LogP contribution in [0.2, 0.25) is 0 Å². The molecule has 0 unspecified atom stereocenters. The zero-order chi connectivity index (χ0) is 10.1. The van der Waals surface area contributed by atoms with Crippen molar-refractivity contribution in [3.8, 4) is 11.5 Å². The lowest BCUT2D eigenvalue weighted by molar-refractivity contribution is 0.353. The summed E-state index contributed by atoms with van der Waals surface area (Å²) in [6.07, 6.45) is 0. The van der Waals surface area contributed by atoms with Crippen LogP contribution in [-0.2, 0) is 13.1 Å². The van der Waals surface area contributed by atoms with E-state index in [2.05, 4.69) is 24.1 Å². The molecule has 84 valence electrons. The summed E-state index contributed by atoms with van der Waals surface area (Å²) >= 11 is 0. The molecule has 1 aromatic carbocycles. The van der Waals surface area contributed by atoms with Gasteiger partial charge in [-0.15, -0.1) is 24.0 Å². The number of nitrogens with zero attached hydrogens (tertiary/aromatic N) is 1. The fourth-order valence-corrected chi connectivity index (χ4v) is 1.90. The number of fused-ring (bicyclic) bond motifs is 1. The van der Waals surface area contributed by atoms with E-state index in [4.69, 9.17) is 9.47 Å². The molecular weight excluding hydrogens is 305 g/mol. The summed E-state index contributed by atoms with van der Waals surface area (Å²) in [5.41, 5.74) is 2.68. The van der Waals surface area contributed by atoms with Gasteiger partial charge in [-0.2, -0.15) is 0 Å². The van der Waals surface area contributed by atoms with Crippen molar-refractivity contribution < 1.29 is 9.47 Å². The molecule has 0 N–H and O–H groups in total. The Balaban J connectivity index is 0.00000112. The molecule has 0 spiro atoms. The number of rotatable bonds is 2. The number of hydrogen-bond acceptors (Lipinski definition) is 3. The summed E-state index contributed by atoms with van der Waals surface area (Å²) in [4.78, 5) is 2.27. The van der Waals surface area contributed by atoms with Crippen molar-refractivity contribution in [2.45, 2.75) is 13.1 Å². The molecule has 1 aromatic rings. The molecule has 1 aliphatic rings. The molecule has 0 aliphatic carbocycles. The van der Waals surface area contributed by atoms with Gasteiger partial charge >= 0.3 is 0 Å². The average molecular weight is 321 g/mol. The van der Waals surface area contributed by atoms with Crippen LogP contribution in [0.15, 0.2) is 12.1 Å². The van der Waals surface area contributed by atoms with Gasteiger partial charge in [0.15, 0.2) is 11.5 Å². The van der Waals surface area contributed by atoms with E-state index >= 15 is 0 Å². The van der Waals surface area contributed by atoms with Crippen molar-refractivity contribution in [2.75, 3.05) is 21.3 Å². The van der Waals surface area contributed by atoms with Crippen LogP contribution in [0.3, 0.4) is 0 Å². The SMILES string of the molecule is COc1cc2c(cc1OC)CN(C)C2.I. The number of halogens is 1. The highest BCUT2D eigenvalue weighted by atomic mass is 127. The van der Waals surface area contributed by atoms with Crippen molar-refractivity contribution >= 4 is 24.0 Å². The fourth-order valence-electron chi connectivity index (χ4n) is 1.90. The molecule has 0 amide bonds. The van der Waals surface area contributed by atoms with E-state index in [0.717, 1.165) is 24.6 Å². The van der Waals surface area contributed by atoms with Crippen molar-refractivity contribution in [2.24, 2.45) is 0 Å². The molecule has 1 aliphatic heterocycles. The van der Waals surface area contributed by atoms with Gasteiger partial charge in [0, 0.05) is 13.1 Å². The Morgan fingerprint density at radius 2 is 1.40 bits per heavy atom. The normalized spacial score (nSPS) is 14.3. The molecule has 0 saturated heterocycles. The van der Waals surface area contributed by atoms with E-state index < -0.39 is 0 Å². The van der Waals surface area contributed by atoms with Gasteiger partial charge in [-0.05, 0) is 30.3 Å². The van der Waals surface area contributed by atoms with E-state index in [-0.39, 0.29) is 24.0 Å². The van der Waals surface area contributed by atoms with Gasteiger partial charge in [0.25, 0.3) is 0 Å². The summed E-state index contributed by atoms with van der Waals surface area (Å²) in [6.45, 7) is 1.99. The second-order valence-electron chi connectivity index (χ2n) is 3.65. The van der Waals surface area contributed by atoms with Crippen LogP contribution in [0.4, 0.5) is 0 Å². The maximum Gasteiger partial charge on any atom is 0.161 e. The highest BCUT2D eigenvalue weighted by Gasteiger charge is 2.18. The summed E-state index contributed by atoms with van der Waals surface area (Å²) in [5, 5.41) is 0. The minimum absolute atomic E-state index is 0. The first-order valence-electron chi connectivity index (χ1n) is 4.67. The molecule has 2 rings (SSSR count). The molecule has 0 radical (unpaired) electrons. The zero-order valence-corrected chi connectivity index (χ0v) is 11.6. The van der Waals surface area contributed by atoms with Crippen molar-refractivity contribution in [3.05, 3.63) is 23.3 Å². The Kier molecular flexibility index (Phi) is 4.21. The molecule has 4 heteroatoms. The average Bonchev–Trinajstić information content (AvgIpc) is 2.54. The number of methoxy groups -OCH3 is 2. The zero-order valence-electron chi connectivity index (χ0n) is 9.24. The lowest BCUT2D eigenvalue weighted by Gasteiger charge is -2.09. The fraction of sp³-hybridized carbons (Fsp3) is 0.455. The van der Waals surface area contributed by atoms with Crippen LogP contribution in [0, 0.1) is 0 Å². The number of ether oxygens (including phenoxy) is 2. The van der Waals surface area contributed by atoms with Crippen molar-refractivity contribution in [1.82, 2.24) is 4.90 Å². The van der Waals surface area contributed by atoms with Gasteiger partial charge in [-0.25, -0.2) is 0 Å². The maximum absolute atomic E-state index is 5.25. The summed E-state index contributed by atoms with van der Waals surface area (Å²) in [5.74, 6) is 1.64. The van der Waals surface area contributed by atoms with Gasteiger partial charge in [-0.3, -0.25) is 4.90 Å². The van der Waals surface area contributed by atoms with E-state index in [1.807, 2.05) is 0 Å². The van der Waals surface area contributed by atoms with Crippen molar-refractivity contribution in [1.29, 1.82) is 0 Å². The first-order chi connectivity index (χ1) is 6.74. The monoisotopic (exact) mass is 321 g/mol. The van der Waals surface area contributed by atoms with Gasteiger partial charge in [0.2, 0.25) is 0 Å². The highest BCUT2D eigenvalue weighted by molar-refractivity contribution is 14.0. The van der Waals surface area contributed by atoms with Crippen molar-refractivity contribution in [3.63, 3.8) is 0 Å². The Morgan fingerprint density at radius 3 is 1.73 bits per heavy atom. The van der Waals surface area contributed by atoms with Crippen LogP contribution in [0.5, 0.6) is 11.5 Å². The smallest absolute Gasteiger partial charge is 0.161 e. The Bertz CT molecular complexity index is 322. The van der Waals surface area contributed by atoms with Crippen LogP contribution >= 0.6 is 24.0 Å². The Labute approximate surface area is 107 Å². The predicted molar refractivity (Wildman–Crippen MR) is 70.1 cm³/mol. The van der Waals surface area contributed by atoms with Gasteiger partial charge < -0.3 is 9.47 Å². The van der Waals surface area contributed by atoms with Crippen LogP contribution in [-0.4, -0.2) is 26.2 Å². The first-order valence-corrected chi connectivity index (χ1v) is 4.67. The topological polar surface area (TPSA) is 21.7 Å². The van der Waals surface area contributed by atoms with E-state index in [1.54, 1.807) is 14.2 Å².